The van der Waals surface area contributed by atoms with Gasteiger partial charge in [-0.05, 0) is 45.7 Å². The number of hydrogen-bond acceptors (Lipinski definition) is 4. The Morgan fingerprint density at radius 3 is 2.33 bits per heavy atom. The summed E-state index contributed by atoms with van der Waals surface area (Å²) in [5.41, 5.74) is 0. The number of carbonyl (C=O) groups excluding carboxylic acids is 2. The van der Waals surface area contributed by atoms with Gasteiger partial charge in [0.05, 0.1) is 12.5 Å². The lowest BCUT2D eigenvalue weighted by atomic mass is 9.97. The van der Waals surface area contributed by atoms with Crippen molar-refractivity contribution in [3.8, 4) is 0 Å². The molecule has 0 aliphatic carbocycles. The average molecular weight is 296 g/mol. The number of rotatable bonds is 5. The van der Waals surface area contributed by atoms with Gasteiger partial charge < -0.3 is 14.5 Å². The average Bonchev–Trinajstić information content (AvgIpc) is 2.54. The number of ether oxygens (including phenoxy) is 1. The van der Waals surface area contributed by atoms with E-state index in [0.29, 0.717) is 26.1 Å². The van der Waals surface area contributed by atoms with Gasteiger partial charge in [-0.3, -0.25) is 9.59 Å². The molecule has 21 heavy (non-hydrogen) atoms. The monoisotopic (exact) mass is 296 g/mol. The van der Waals surface area contributed by atoms with Crippen LogP contribution >= 0.6 is 0 Å². The lowest BCUT2D eigenvalue weighted by Gasteiger charge is -2.32. The summed E-state index contributed by atoms with van der Waals surface area (Å²) in [7, 11) is 0. The Hall–Kier alpha value is -1.10. The third-order valence-corrected chi connectivity index (χ3v) is 4.56. The molecule has 2 aliphatic heterocycles. The van der Waals surface area contributed by atoms with Crippen LogP contribution in [0.1, 0.15) is 45.4 Å². The van der Waals surface area contributed by atoms with Gasteiger partial charge in [0.25, 0.3) is 0 Å². The molecule has 0 aromatic carbocycles. The van der Waals surface area contributed by atoms with Crippen LogP contribution in [-0.4, -0.2) is 61.0 Å². The van der Waals surface area contributed by atoms with Crippen molar-refractivity contribution in [3.05, 3.63) is 0 Å². The molecule has 0 atom stereocenters. The zero-order valence-electron chi connectivity index (χ0n) is 13.2. The number of esters is 1. The van der Waals surface area contributed by atoms with Crippen molar-refractivity contribution in [3.63, 3.8) is 0 Å². The molecular formula is C16H28N2O3. The van der Waals surface area contributed by atoms with Gasteiger partial charge in [-0.2, -0.15) is 0 Å². The molecule has 0 N–H and O–H groups in total. The van der Waals surface area contributed by atoms with E-state index in [0.717, 1.165) is 32.5 Å². The van der Waals surface area contributed by atoms with Crippen molar-refractivity contribution in [1.82, 2.24) is 9.80 Å². The van der Waals surface area contributed by atoms with Crippen LogP contribution in [0.25, 0.3) is 0 Å². The van der Waals surface area contributed by atoms with E-state index in [1.54, 1.807) is 0 Å². The molecule has 0 unspecified atom stereocenters. The number of piperidine rings is 2. The maximum absolute atomic E-state index is 12.2. The van der Waals surface area contributed by atoms with Gasteiger partial charge in [0.2, 0.25) is 5.91 Å². The summed E-state index contributed by atoms with van der Waals surface area (Å²) < 4.78 is 5.05. The molecule has 0 spiro atoms. The Labute approximate surface area is 127 Å². The van der Waals surface area contributed by atoms with E-state index < -0.39 is 0 Å². The van der Waals surface area contributed by atoms with Crippen LogP contribution in [0.5, 0.6) is 0 Å². The lowest BCUT2D eigenvalue weighted by Crippen LogP contribution is -2.42. The highest BCUT2D eigenvalue weighted by molar-refractivity contribution is 5.77. The van der Waals surface area contributed by atoms with Gasteiger partial charge in [0.1, 0.15) is 0 Å². The summed E-state index contributed by atoms with van der Waals surface area (Å²) in [6.45, 7) is 6.82. The van der Waals surface area contributed by atoms with Crippen molar-refractivity contribution < 1.29 is 14.3 Å². The number of amides is 1. The molecule has 2 saturated heterocycles. The molecule has 120 valence electrons. The summed E-state index contributed by atoms with van der Waals surface area (Å²) in [5.74, 6) is 0.122. The molecule has 2 fully saturated rings. The Balaban J connectivity index is 1.66. The first kappa shape index (κ1) is 16.3. The highest BCUT2D eigenvalue weighted by Crippen LogP contribution is 2.19. The van der Waals surface area contributed by atoms with E-state index in [-0.39, 0.29) is 17.8 Å². The van der Waals surface area contributed by atoms with Crippen LogP contribution in [0.3, 0.4) is 0 Å². The first-order chi connectivity index (χ1) is 10.2. The van der Waals surface area contributed by atoms with Crippen LogP contribution in [-0.2, 0) is 14.3 Å². The van der Waals surface area contributed by atoms with Gasteiger partial charge in [0.15, 0.2) is 0 Å². The summed E-state index contributed by atoms with van der Waals surface area (Å²) in [4.78, 5) is 28.2. The molecule has 0 saturated carbocycles. The Morgan fingerprint density at radius 2 is 1.71 bits per heavy atom. The topological polar surface area (TPSA) is 49.9 Å². The van der Waals surface area contributed by atoms with E-state index in [2.05, 4.69) is 4.90 Å². The minimum absolute atomic E-state index is 0.0175. The SMILES string of the molecule is CCOC(=O)C1CCN(C(=O)CCN2CCCCC2)CC1. The first-order valence-electron chi connectivity index (χ1n) is 8.37. The van der Waals surface area contributed by atoms with Crippen molar-refractivity contribution in [1.29, 1.82) is 0 Å². The summed E-state index contributed by atoms with van der Waals surface area (Å²) in [5, 5.41) is 0. The molecule has 2 rings (SSSR count). The number of carbonyl (C=O) groups is 2. The molecule has 2 heterocycles. The largest absolute Gasteiger partial charge is 0.466 e. The standard InChI is InChI=1S/C16H28N2O3/c1-2-21-16(20)14-6-12-18(13-7-14)15(19)8-11-17-9-4-3-5-10-17/h14H,2-13H2,1H3. The normalized spacial score (nSPS) is 21.3. The van der Waals surface area contributed by atoms with E-state index in [1.165, 1.54) is 19.3 Å². The number of nitrogens with zero attached hydrogens (tertiary/aromatic N) is 2. The molecule has 5 heteroatoms. The Morgan fingerprint density at radius 1 is 1.05 bits per heavy atom. The molecule has 0 radical (unpaired) electrons. The van der Waals surface area contributed by atoms with Crippen LogP contribution < -0.4 is 0 Å². The van der Waals surface area contributed by atoms with E-state index >= 15 is 0 Å². The molecule has 0 aromatic heterocycles. The molecular weight excluding hydrogens is 268 g/mol. The smallest absolute Gasteiger partial charge is 0.309 e. The highest BCUT2D eigenvalue weighted by Gasteiger charge is 2.28. The predicted molar refractivity (Wildman–Crippen MR) is 80.8 cm³/mol. The maximum atomic E-state index is 12.2. The molecule has 2 aliphatic rings. The second-order valence-electron chi connectivity index (χ2n) is 6.06. The Bertz CT molecular complexity index is 345. The minimum atomic E-state index is -0.0992. The summed E-state index contributed by atoms with van der Waals surface area (Å²) in [6.07, 6.45) is 5.96. The van der Waals surface area contributed by atoms with Crippen molar-refractivity contribution in [2.24, 2.45) is 5.92 Å². The number of hydrogen-bond donors (Lipinski definition) is 0. The quantitative estimate of drug-likeness (QED) is 0.724. The van der Waals surface area contributed by atoms with Crippen molar-refractivity contribution >= 4 is 11.9 Å². The second-order valence-corrected chi connectivity index (χ2v) is 6.06. The van der Waals surface area contributed by atoms with Gasteiger partial charge in [-0.1, -0.05) is 6.42 Å². The van der Waals surface area contributed by atoms with Gasteiger partial charge in [-0.15, -0.1) is 0 Å². The highest BCUT2D eigenvalue weighted by atomic mass is 16.5. The molecule has 1 amide bonds. The van der Waals surface area contributed by atoms with E-state index in [1.807, 2.05) is 11.8 Å². The second kappa shape index (κ2) is 8.37. The van der Waals surface area contributed by atoms with Gasteiger partial charge >= 0.3 is 5.97 Å². The van der Waals surface area contributed by atoms with Crippen molar-refractivity contribution in [2.45, 2.75) is 45.4 Å². The van der Waals surface area contributed by atoms with Crippen LogP contribution in [0.4, 0.5) is 0 Å². The maximum Gasteiger partial charge on any atom is 0.309 e. The van der Waals surface area contributed by atoms with Gasteiger partial charge in [-0.25, -0.2) is 0 Å². The Kier molecular flexibility index (Phi) is 6.49. The van der Waals surface area contributed by atoms with Gasteiger partial charge in [0, 0.05) is 26.1 Å². The minimum Gasteiger partial charge on any atom is -0.466 e. The van der Waals surface area contributed by atoms with E-state index in [9.17, 15) is 9.59 Å². The zero-order valence-corrected chi connectivity index (χ0v) is 13.2. The van der Waals surface area contributed by atoms with Crippen LogP contribution in [0.15, 0.2) is 0 Å². The molecule has 0 bridgehead atoms. The van der Waals surface area contributed by atoms with Crippen LogP contribution in [0.2, 0.25) is 0 Å². The number of likely N-dealkylation sites (tertiary alicyclic amines) is 2. The summed E-state index contributed by atoms with van der Waals surface area (Å²) >= 11 is 0. The third kappa shape index (κ3) is 4.99. The van der Waals surface area contributed by atoms with E-state index in [4.69, 9.17) is 4.74 Å². The van der Waals surface area contributed by atoms with Crippen LogP contribution in [0, 0.1) is 5.92 Å². The molecule has 0 aromatic rings. The van der Waals surface area contributed by atoms with Crippen molar-refractivity contribution in [2.75, 3.05) is 39.3 Å². The fraction of sp³-hybridized carbons (Fsp3) is 0.875. The summed E-state index contributed by atoms with van der Waals surface area (Å²) in [6, 6.07) is 0. The zero-order chi connectivity index (χ0) is 15.1. The lowest BCUT2D eigenvalue weighted by molar-refractivity contribution is -0.151. The fourth-order valence-corrected chi connectivity index (χ4v) is 3.22. The fourth-order valence-electron chi connectivity index (χ4n) is 3.22. The third-order valence-electron chi connectivity index (χ3n) is 4.56. The predicted octanol–water partition coefficient (Wildman–Crippen LogP) is 1.66. The molecule has 5 nitrogen and oxygen atoms in total. The first-order valence-corrected chi connectivity index (χ1v) is 8.37.